The molecule has 4 amide bonds. The van der Waals surface area contributed by atoms with E-state index in [0.29, 0.717) is 41.4 Å². The first-order valence-electron chi connectivity index (χ1n) is 11.8. The Morgan fingerprint density at radius 2 is 1.76 bits per heavy atom. The van der Waals surface area contributed by atoms with Crippen LogP contribution in [0.3, 0.4) is 0 Å². The molecule has 0 bridgehead atoms. The van der Waals surface area contributed by atoms with Crippen LogP contribution < -0.4 is 5.32 Å². The number of rotatable bonds is 10. The smallest absolute Gasteiger partial charge is 0.242 e. The second kappa shape index (κ2) is 11.8. The molecule has 1 saturated heterocycles. The predicted molar refractivity (Wildman–Crippen MR) is 131 cm³/mol. The summed E-state index contributed by atoms with van der Waals surface area (Å²) in [6.07, 6.45) is 6.08. The van der Waals surface area contributed by atoms with Crippen molar-refractivity contribution in [3.8, 4) is 0 Å². The Bertz CT molecular complexity index is 955. The van der Waals surface area contributed by atoms with Crippen LogP contribution in [-0.2, 0) is 25.7 Å². The number of benzene rings is 1. The van der Waals surface area contributed by atoms with Gasteiger partial charge in [0.15, 0.2) is 0 Å². The molecule has 0 saturated carbocycles. The summed E-state index contributed by atoms with van der Waals surface area (Å²) in [6.45, 7) is 4.41. The van der Waals surface area contributed by atoms with E-state index in [0.717, 1.165) is 6.42 Å². The summed E-state index contributed by atoms with van der Waals surface area (Å²) in [5.74, 6) is -1.66. The molecular weight excluding hydrogens is 477 g/mol. The molecule has 0 radical (unpaired) electrons. The van der Waals surface area contributed by atoms with E-state index < -0.39 is 6.04 Å². The number of hydrogen-bond donors (Lipinski definition) is 1. The van der Waals surface area contributed by atoms with Gasteiger partial charge in [-0.25, -0.2) is 0 Å². The highest BCUT2D eigenvalue weighted by molar-refractivity contribution is 6.35. The summed E-state index contributed by atoms with van der Waals surface area (Å²) >= 11 is 12.4. The number of imide groups is 1. The van der Waals surface area contributed by atoms with Crippen molar-refractivity contribution < 1.29 is 19.2 Å². The molecule has 7 nitrogen and oxygen atoms in total. The Morgan fingerprint density at radius 1 is 1.12 bits per heavy atom. The van der Waals surface area contributed by atoms with Crippen molar-refractivity contribution in [2.45, 2.75) is 58.5 Å². The number of carbonyl (C=O) groups is 4. The normalized spacial score (nSPS) is 20.3. The molecule has 9 heteroatoms. The van der Waals surface area contributed by atoms with Crippen LogP contribution >= 0.6 is 23.2 Å². The zero-order valence-corrected chi connectivity index (χ0v) is 21.1. The van der Waals surface area contributed by atoms with Gasteiger partial charge in [0.25, 0.3) is 0 Å². The minimum atomic E-state index is -0.706. The van der Waals surface area contributed by atoms with Gasteiger partial charge < -0.3 is 10.2 Å². The highest BCUT2D eigenvalue weighted by Crippen LogP contribution is 2.35. The van der Waals surface area contributed by atoms with Crippen LogP contribution in [-0.4, -0.2) is 52.6 Å². The van der Waals surface area contributed by atoms with Gasteiger partial charge >= 0.3 is 0 Å². The highest BCUT2D eigenvalue weighted by atomic mass is 35.5. The first kappa shape index (κ1) is 26.2. The number of nitrogens with zero attached hydrogens (tertiary/aromatic N) is 2. The Balaban J connectivity index is 1.77. The fraction of sp³-hybridized carbons (Fsp3) is 0.520. The fourth-order valence-electron chi connectivity index (χ4n) is 4.56. The maximum atomic E-state index is 13.4. The fourth-order valence-corrected chi connectivity index (χ4v) is 5.03. The number of fused-ring (bicyclic) bond motifs is 1. The van der Waals surface area contributed by atoms with Gasteiger partial charge in [0, 0.05) is 36.1 Å². The number of nitrogens with one attached hydrogen (secondary N) is 1. The Morgan fingerprint density at radius 3 is 2.32 bits per heavy atom. The number of likely N-dealkylation sites (tertiary alicyclic amines) is 1. The third kappa shape index (κ3) is 5.81. The van der Waals surface area contributed by atoms with Crippen molar-refractivity contribution in [3.05, 3.63) is 46.0 Å². The van der Waals surface area contributed by atoms with Crippen molar-refractivity contribution in [2.24, 2.45) is 11.8 Å². The van der Waals surface area contributed by atoms with Crippen LogP contribution in [0.4, 0.5) is 0 Å². The van der Waals surface area contributed by atoms with Crippen LogP contribution in [0, 0.1) is 11.8 Å². The molecule has 0 unspecified atom stereocenters. The molecule has 1 fully saturated rings. The van der Waals surface area contributed by atoms with Gasteiger partial charge in [-0.05, 0) is 43.4 Å². The maximum absolute atomic E-state index is 13.4. The SMILES string of the molecule is CCCNC(=O)[C@@H](CC)N(Cc1ccc(Cl)cc1Cl)C(=O)CCN1C(=O)[C@H]2CC=CC[C@H]2C1=O. The molecule has 0 spiro atoms. The van der Waals surface area contributed by atoms with Crippen LogP contribution in [0.5, 0.6) is 0 Å². The van der Waals surface area contributed by atoms with E-state index in [4.69, 9.17) is 23.2 Å². The second-order valence-corrected chi connectivity index (χ2v) is 9.55. The lowest BCUT2D eigenvalue weighted by Gasteiger charge is -2.31. The quantitative estimate of drug-likeness (QED) is 0.383. The van der Waals surface area contributed by atoms with Crippen molar-refractivity contribution in [3.63, 3.8) is 0 Å². The van der Waals surface area contributed by atoms with E-state index in [9.17, 15) is 19.2 Å². The first-order chi connectivity index (χ1) is 16.3. The van der Waals surface area contributed by atoms with E-state index in [1.165, 1.54) is 9.80 Å². The Labute approximate surface area is 210 Å². The van der Waals surface area contributed by atoms with Crippen LogP contribution in [0.15, 0.2) is 30.4 Å². The minimum absolute atomic E-state index is 0.00135. The van der Waals surface area contributed by atoms with Crippen molar-refractivity contribution in [2.75, 3.05) is 13.1 Å². The van der Waals surface area contributed by atoms with E-state index >= 15 is 0 Å². The zero-order valence-electron chi connectivity index (χ0n) is 19.6. The Hall–Kier alpha value is -2.38. The highest BCUT2D eigenvalue weighted by Gasteiger charge is 2.47. The minimum Gasteiger partial charge on any atom is -0.354 e. The van der Waals surface area contributed by atoms with Gasteiger partial charge in [0.05, 0.1) is 11.8 Å². The summed E-state index contributed by atoms with van der Waals surface area (Å²) in [7, 11) is 0. The van der Waals surface area contributed by atoms with E-state index in [-0.39, 0.29) is 55.0 Å². The monoisotopic (exact) mass is 507 g/mol. The summed E-state index contributed by atoms with van der Waals surface area (Å²) in [4.78, 5) is 54.5. The average molecular weight is 508 g/mol. The third-order valence-electron chi connectivity index (χ3n) is 6.44. The number of hydrogen-bond acceptors (Lipinski definition) is 4. The molecule has 184 valence electrons. The molecule has 1 aromatic carbocycles. The van der Waals surface area contributed by atoms with E-state index in [1.807, 2.05) is 26.0 Å². The van der Waals surface area contributed by atoms with E-state index in [1.54, 1.807) is 18.2 Å². The molecule has 34 heavy (non-hydrogen) atoms. The maximum Gasteiger partial charge on any atom is 0.242 e. The summed E-state index contributed by atoms with van der Waals surface area (Å²) in [5, 5.41) is 3.73. The van der Waals surface area contributed by atoms with Crippen molar-refractivity contribution in [1.82, 2.24) is 15.1 Å². The first-order valence-corrected chi connectivity index (χ1v) is 12.5. The molecule has 1 aliphatic carbocycles. The molecule has 1 aromatic rings. The van der Waals surface area contributed by atoms with Gasteiger partial charge in [0.2, 0.25) is 23.6 Å². The summed E-state index contributed by atoms with van der Waals surface area (Å²) in [6, 6.07) is 4.30. The van der Waals surface area contributed by atoms with Gasteiger partial charge in [0.1, 0.15) is 6.04 Å². The van der Waals surface area contributed by atoms with Gasteiger partial charge in [-0.3, -0.25) is 24.1 Å². The predicted octanol–water partition coefficient (Wildman–Crippen LogP) is 3.97. The molecule has 3 atom stereocenters. The number of amides is 4. The topological polar surface area (TPSA) is 86.8 Å². The largest absolute Gasteiger partial charge is 0.354 e. The van der Waals surface area contributed by atoms with Crippen LogP contribution in [0.2, 0.25) is 10.0 Å². The molecule has 1 aliphatic heterocycles. The standard InChI is InChI=1S/C25H31Cl2N3O4/c1-3-12-28-23(32)21(4-2)30(15-16-9-10-17(26)14-20(16)27)22(31)11-13-29-24(33)18-7-5-6-8-19(18)25(29)34/h5-6,9-10,14,18-19,21H,3-4,7-8,11-13,15H2,1-2H3,(H,28,32)/t18-,19+,21-/m1/s1. The van der Waals surface area contributed by atoms with Gasteiger partial charge in [-0.1, -0.05) is 55.3 Å². The van der Waals surface area contributed by atoms with Crippen molar-refractivity contribution >= 4 is 46.8 Å². The molecule has 2 aliphatic rings. The van der Waals surface area contributed by atoms with Gasteiger partial charge in [-0.15, -0.1) is 0 Å². The second-order valence-electron chi connectivity index (χ2n) is 8.71. The summed E-state index contributed by atoms with van der Waals surface area (Å²) in [5.41, 5.74) is 0.659. The molecular formula is C25H31Cl2N3O4. The van der Waals surface area contributed by atoms with Crippen molar-refractivity contribution in [1.29, 1.82) is 0 Å². The lowest BCUT2D eigenvalue weighted by molar-refractivity contribution is -0.144. The number of allylic oxidation sites excluding steroid dienone is 2. The molecule has 1 heterocycles. The lowest BCUT2D eigenvalue weighted by Crippen LogP contribution is -2.49. The molecule has 3 rings (SSSR count). The Kier molecular flexibility index (Phi) is 9.14. The zero-order chi connectivity index (χ0) is 24.8. The lowest BCUT2D eigenvalue weighted by atomic mass is 9.85. The van der Waals surface area contributed by atoms with Crippen LogP contribution in [0.25, 0.3) is 0 Å². The number of carbonyl (C=O) groups excluding carboxylic acids is 4. The van der Waals surface area contributed by atoms with Gasteiger partial charge in [-0.2, -0.15) is 0 Å². The molecule has 1 N–H and O–H groups in total. The van der Waals surface area contributed by atoms with Crippen LogP contribution in [0.1, 0.15) is 51.5 Å². The summed E-state index contributed by atoms with van der Waals surface area (Å²) < 4.78 is 0. The van der Waals surface area contributed by atoms with E-state index in [2.05, 4.69) is 5.32 Å². The number of halogens is 2. The average Bonchev–Trinajstić information content (AvgIpc) is 3.07. The third-order valence-corrected chi connectivity index (χ3v) is 7.03. The molecule has 0 aromatic heterocycles.